The van der Waals surface area contributed by atoms with Crippen LogP contribution in [0.25, 0.3) is 0 Å². The van der Waals surface area contributed by atoms with Crippen molar-refractivity contribution >= 4 is 28.0 Å². The monoisotopic (exact) mass is 743 g/mol. The Bertz CT molecular complexity index is 907. The van der Waals surface area contributed by atoms with E-state index in [0.29, 0.717) is 26.4 Å². The van der Waals surface area contributed by atoms with Gasteiger partial charge in [0.15, 0.2) is 0 Å². The fraction of sp³-hybridized carbons (Fsp3) is 0.727. The topological polar surface area (TPSA) is 46.2 Å². The van der Waals surface area contributed by atoms with Crippen molar-refractivity contribution in [3.8, 4) is 0 Å². The van der Waals surface area contributed by atoms with E-state index in [4.69, 9.17) is 21.8 Å². The van der Waals surface area contributed by atoms with Gasteiger partial charge in [0, 0.05) is 36.8 Å². The van der Waals surface area contributed by atoms with Gasteiger partial charge in [-0.2, -0.15) is 0 Å². The summed E-state index contributed by atoms with van der Waals surface area (Å²) >= 11 is 0. The molecule has 0 saturated carbocycles. The molecule has 0 amide bonds. The third kappa shape index (κ3) is 20.1. The molecule has 0 saturated heterocycles. The van der Waals surface area contributed by atoms with Crippen LogP contribution in [0.3, 0.4) is 0 Å². The SMILES string of the molecule is CCCCCCCCO[Si](OCCCCCCCC)(O[Si](OCCCCCCCC)(OCCCCCCCC)c1ccccc1)c1ccccc1. The zero-order valence-electron chi connectivity index (χ0n) is 33.6. The van der Waals surface area contributed by atoms with Crippen LogP contribution in [0.4, 0.5) is 0 Å². The average Bonchev–Trinajstić information content (AvgIpc) is 3.16. The predicted octanol–water partition coefficient (Wildman–Crippen LogP) is 12.2. The maximum Gasteiger partial charge on any atom is 0.530 e. The van der Waals surface area contributed by atoms with Gasteiger partial charge in [0.25, 0.3) is 0 Å². The summed E-state index contributed by atoms with van der Waals surface area (Å²) in [5.41, 5.74) is 0. The highest BCUT2D eigenvalue weighted by molar-refractivity contribution is 6.88. The molecule has 51 heavy (non-hydrogen) atoms. The highest BCUT2D eigenvalue weighted by atomic mass is 28.5. The molecule has 0 atom stereocenters. The number of benzene rings is 2. The Balaban J connectivity index is 2.44. The lowest BCUT2D eigenvalue weighted by molar-refractivity contribution is 0.0546. The Labute approximate surface area is 317 Å². The molecule has 2 aromatic rings. The summed E-state index contributed by atoms with van der Waals surface area (Å²) in [5, 5.41) is 2.00. The van der Waals surface area contributed by atoms with Crippen molar-refractivity contribution in [2.75, 3.05) is 26.4 Å². The van der Waals surface area contributed by atoms with E-state index < -0.39 is 17.6 Å². The van der Waals surface area contributed by atoms with Gasteiger partial charge in [-0.3, -0.25) is 0 Å². The summed E-state index contributed by atoms with van der Waals surface area (Å²) in [6.45, 7) is 11.5. The summed E-state index contributed by atoms with van der Waals surface area (Å²) in [6, 6.07) is 21.0. The van der Waals surface area contributed by atoms with E-state index in [0.717, 1.165) is 61.7 Å². The first-order chi connectivity index (χ1) is 25.2. The Hall–Kier alpha value is -1.33. The third-order valence-electron chi connectivity index (χ3n) is 9.68. The molecule has 0 aliphatic rings. The summed E-state index contributed by atoms with van der Waals surface area (Å²) in [7, 11) is -7.00. The van der Waals surface area contributed by atoms with Crippen LogP contribution in [0.1, 0.15) is 182 Å². The highest BCUT2D eigenvalue weighted by Gasteiger charge is 2.56. The van der Waals surface area contributed by atoms with Gasteiger partial charge in [0.1, 0.15) is 0 Å². The predicted molar refractivity (Wildman–Crippen MR) is 222 cm³/mol. The maximum absolute atomic E-state index is 7.57. The molecule has 0 unspecified atom stereocenters. The lowest BCUT2D eigenvalue weighted by Crippen LogP contribution is -2.69. The molecule has 0 radical (unpaired) electrons. The largest absolute Gasteiger partial charge is 0.530 e. The van der Waals surface area contributed by atoms with Gasteiger partial charge in [-0.05, 0) is 25.7 Å². The van der Waals surface area contributed by atoms with Crippen molar-refractivity contribution in [3.63, 3.8) is 0 Å². The van der Waals surface area contributed by atoms with Crippen molar-refractivity contribution < 1.29 is 21.8 Å². The van der Waals surface area contributed by atoms with E-state index >= 15 is 0 Å². The first-order valence-corrected chi connectivity index (χ1v) is 25.0. The van der Waals surface area contributed by atoms with Crippen LogP contribution in [0, 0.1) is 0 Å². The number of hydrogen-bond donors (Lipinski definition) is 0. The van der Waals surface area contributed by atoms with Crippen LogP contribution in [-0.2, 0) is 21.8 Å². The Morgan fingerprint density at radius 1 is 0.314 bits per heavy atom. The molecule has 2 rings (SSSR count). The van der Waals surface area contributed by atoms with Crippen LogP contribution < -0.4 is 10.4 Å². The van der Waals surface area contributed by atoms with Crippen molar-refractivity contribution in [2.24, 2.45) is 0 Å². The zero-order chi connectivity index (χ0) is 36.6. The lowest BCUT2D eigenvalue weighted by Gasteiger charge is -2.39. The summed E-state index contributed by atoms with van der Waals surface area (Å²) < 4.78 is 35.8. The van der Waals surface area contributed by atoms with E-state index in [2.05, 4.69) is 88.4 Å². The lowest BCUT2D eigenvalue weighted by atomic mass is 10.1. The van der Waals surface area contributed by atoms with Crippen LogP contribution >= 0.6 is 0 Å². The second kappa shape index (κ2) is 31.1. The molecule has 5 nitrogen and oxygen atoms in total. The van der Waals surface area contributed by atoms with Gasteiger partial charge >= 0.3 is 17.6 Å². The van der Waals surface area contributed by atoms with Gasteiger partial charge < -0.3 is 21.8 Å². The van der Waals surface area contributed by atoms with E-state index in [1.807, 2.05) is 0 Å². The zero-order valence-corrected chi connectivity index (χ0v) is 35.6. The molecule has 0 aliphatic heterocycles. The highest BCUT2D eigenvalue weighted by Crippen LogP contribution is 2.24. The van der Waals surface area contributed by atoms with E-state index in [9.17, 15) is 0 Å². The van der Waals surface area contributed by atoms with Gasteiger partial charge in [-0.15, -0.1) is 0 Å². The molecule has 0 aromatic heterocycles. The van der Waals surface area contributed by atoms with E-state index in [1.165, 1.54) is 103 Å². The molecular formula is C44H78O5Si2. The van der Waals surface area contributed by atoms with Crippen LogP contribution in [0.2, 0.25) is 0 Å². The molecule has 0 fully saturated rings. The molecule has 0 heterocycles. The first kappa shape index (κ1) is 45.8. The van der Waals surface area contributed by atoms with E-state index in [-0.39, 0.29) is 0 Å². The fourth-order valence-corrected chi connectivity index (χ4v) is 13.5. The third-order valence-corrected chi connectivity index (χ3v) is 16.3. The summed E-state index contributed by atoms with van der Waals surface area (Å²) in [6.07, 6.45) is 28.9. The molecule has 7 heteroatoms. The normalized spacial score (nSPS) is 12.2. The molecule has 0 spiro atoms. The van der Waals surface area contributed by atoms with Crippen molar-refractivity contribution in [2.45, 2.75) is 182 Å². The van der Waals surface area contributed by atoms with Gasteiger partial charge in [0.05, 0.1) is 0 Å². The Kier molecular flexibility index (Phi) is 27.9. The first-order valence-electron chi connectivity index (χ1n) is 21.5. The quantitative estimate of drug-likeness (QED) is 0.0514. The summed E-state index contributed by atoms with van der Waals surface area (Å²) in [5.74, 6) is 0. The molecule has 0 N–H and O–H groups in total. The maximum atomic E-state index is 7.57. The Morgan fingerprint density at radius 3 is 0.804 bits per heavy atom. The molecule has 0 bridgehead atoms. The van der Waals surface area contributed by atoms with Crippen molar-refractivity contribution in [1.82, 2.24) is 0 Å². The average molecular weight is 743 g/mol. The minimum atomic E-state index is -3.50. The minimum Gasteiger partial charge on any atom is -0.370 e. The van der Waals surface area contributed by atoms with Gasteiger partial charge in [-0.25, -0.2) is 0 Å². The number of rotatable bonds is 36. The van der Waals surface area contributed by atoms with Crippen molar-refractivity contribution in [3.05, 3.63) is 60.7 Å². The number of unbranched alkanes of at least 4 members (excludes halogenated alkanes) is 20. The Morgan fingerprint density at radius 2 is 0.549 bits per heavy atom. The van der Waals surface area contributed by atoms with Crippen LogP contribution in [0.5, 0.6) is 0 Å². The minimum absolute atomic E-state index is 0.609. The number of hydrogen-bond acceptors (Lipinski definition) is 5. The molecule has 2 aromatic carbocycles. The fourth-order valence-electron chi connectivity index (χ4n) is 6.47. The molecule has 0 aliphatic carbocycles. The second-order valence-corrected chi connectivity index (χ2v) is 19.8. The van der Waals surface area contributed by atoms with Gasteiger partial charge in [-0.1, -0.05) is 217 Å². The second-order valence-electron chi connectivity index (χ2n) is 14.4. The van der Waals surface area contributed by atoms with Crippen LogP contribution in [-0.4, -0.2) is 44.0 Å². The molecular weight excluding hydrogens is 665 g/mol. The standard InChI is InChI=1S/C44H78O5Si2/c1-5-9-13-17-21-31-39-45-50(43-35-27-25-28-36-43,46-40-32-22-18-14-10-6-2)49-51(44-37-29-26-30-38-44,47-41-33-23-19-15-11-7-3)48-42-34-24-20-16-12-8-4/h25-30,35-38H,5-24,31-34,39-42H2,1-4H3. The smallest absolute Gasteiger partial charge is 0.370 e. The van der Waals surface area contributed by atoms with Crippen LogP contribution in [0.15, 0.2) is 60.7 Å². The molecule has 292 valence electrons. The van der Waals surface area contributed by atoms with Crippen molar-refractivity contribution in [1.29, 1.82) is 0 Å². The van der Waals surface area contributed by atoms with E-state index in [1.54, 1.807) is 0 Å². The summed E-state index contributed by atoms with van der Waals surface area (Å²) in [4.78, 5) is 0. The van der Waals surface area contributed by atoms with Gasteiger partial charge in [0.2, 0.25) is 0 Å².